The van der Waals surface area contributed by atoms with Crippen LogP contribution >= 0.6 is 0 Å². The second-order valence-corrected chi connectivity index (χ2v) is 6.35. The van der Waals surface area contributed by atoms with E-state index in [2.05, 4.69) is 11.9 Å². The molecule has 0 aliphatic heterocycles. The van der Waals surface area contributed by atoms with Crippen LogP contribution in [0.1, 0.15) is 49.1 Å². The third-order valence-corrected chi connectivity index (χ3v) is 4.53. The Bertz CT molecular complexity index is 997. The molecule has 0 fully saturated rings. The Kier molecular flexibility index (Phi) is 6.09. The molecule has 3 N–H and O–H groups in total. The normalized spacial score (nSPS) is 12.2. The van der Waals surface area contributed by atoms with Crippen LogP contribution in [0.2, 0.25) is 0 Å². The van der Waals surface area contributed by atoms with E-state index in [1.807, 2.05) is 0 Å². The van der Waals surface area contributed by atoms with Gasteiger partial charge in [-0.25, -0.2) is 4.79 Å². The number of ketones is 2. The summed E-state index contributed by atoms with van der Waals surface area (Å²) in [5.41, 5.74) is 7.24. The quantitative estimate of drug-likeness (QED) is 0.262. The van der Waals surface area contributed by atoms with Crippen LogP contribution < -0.4 is 11.1 Å². The second-order valence-electron chi connectivity index (χ2n) is 6.35. The van der Waals surface area contributed by atoms with Gasteiger partial charge in [0, 0.05) is 23.4 Å². The molecule has 29 heavy (non-hydrogen) atoms. The topological polar surface area (TPSA) is 108 Å². The zero-order chi connectivity index (χ0) is 21.0. The summed E-state index contributed by atoms with van der Waals surface area (Å²) in [4.78, 5) is 38.7. The van der Waals surface area contributed by atoms with Crippen molar-refractivity contribution >= 4 is 28.9 Å². The third kappa shape index (κ3) is 3.77. The fraction of sp³-hybridized carbons (Fsp3) is 0.227. The van der Waals surface area contributed by atoms with E-state index < -0.39 is 11.8 Å². The molecule has 150 valence electrons. The van der Waals surface area contributed by atoms with Crippen LogP contribution in [0.4, 0.5) is 11.4 Å². The number of carbonyl (C=O) groups is 3. The van der Waals surface area contributed by atoms with E-state index >= 15 is 0 Å². The molecule has 3 rings (SSSR count). The molecule has 0 saturated heterocycles. The first-order valence-electron chi connectivity index (χ1n) is 9.25. The van der Waals surface area contributed by atoms with Crippen LogP contribution in [0.25, 0.3) is 0 Å². The van der Waals surface area contributed by atoms with Gasteiger partial charge in [-0.2, -0.15) is 0 Å². The van der Waals surface area contributed by atoms with Crippen molar-refractivity contribution in [2.75, 3.05) is 37.4 Å². The number of carbonyl (C=O) groups excluding carboxylic acids is 3. The third-order valence-electron chi connectivity index (χ3n) is 4.53. The highest BCUT2D eigenvalue weighted by Gasteiger charge is 2.35. The number of fused-ring (bicyclic) bond motifs is 2. The molecule has 0 bridgehead atoms. The number of hydrogen-bond acceptors (Lipinski definition) is 7. The first kappa shape index (κ1) is 20.3. The molecular formula is C22H22N2O5. The molecule has 0 amide bonds. The fourth-order valence-electron chi connectivity index (χ4n) is 3.26. The molecule has 7 heteroatoms. The molecule has 0 saturated carbocycles. The van der Waals surface area contributed by atoms with Gasteiger partial charge >= 0.3 is 5.97 Å². The number of nitrogen functional groups attached to an aromatic ring is 1. The van der Waals surface area contributed by atoms with E-state index in [1.54, 1.807) is 37.3 Å². The number of hydrogen-bond donors (Lipinski definition) is 2. The van der Waals surface area contributed by atoms with Gasteiger partial charge in [0.05, 0.1) is 42.2 Å². The molecule has 7 nitrogen and oxygen atoms in total. The van der Waals surface area contributed by atoms with Crippen molar-refractivity contribution < 1.29 is 23.9 Å². The van der Waals surface area contributed by atoms with Gasteiger partial charge in [0.15, 0.2) is 11.6 Å². The minimum atomic E-state index is -0.655. The minimum Gasteiger partial charge on any atom is -0.462 e. The number of benzene rings is 2. The van der Waals surface area contributed by atoms with Crippen LogP contribution in [-0.2, 0) is 9.47 Å². The van der Waals surface area contributed by atoms with Crippen molar-refractivity contribution in [1.29, 1.82) is 0 Å². The molecule has 0 unspecified atom stereocenters. The standard InChI is InChI=1S/C22H22N2O5/c1-3-10-28-11-9-24-16-12-15(22(27)29-4-2)19(23)18-17(16)20(25)13-7-5-6-8-14(13)21(18)26/h3,5-8,12,24H,1,4,9-11,23H2,2H3. The van der Waals surface area contributed by atoms with E-state index in [1.165, 1.54) is 6.07 Å². The number of ether oxygens (including phenoxy) is 2. The fourth-order valence-corrected chi connectivity index (χ4v) is 3.26. The number of nitrogens with one attached hydrogen (secondary N) is 1. The molecule has 2 aromatic carbocycles. The first-order valence-corrected chi connectivity index (χ1v) is 9.25. The van der Waals surface area contributed by atoms with E-state index in [4.69, 9.17) is 15.2 Å². The van der Waals surface area contributed by atoms with Gasteiger partial charge in [0.2, 0.25) is 0 Å². The van der Waals surface area contributed by atoms with Crippen LogP contribution in [0.15, 0.2) is 43.0 Å². The predicted octanol–water partition coefficient (Wildman–Crippen LogP) is 2.84. The summed E-state index contributed by atoms with van der Waals surface area (Å²) < 4.78 is 10.4. The summed E-state index contributed by atoms with van der Waals surface area (Å²) >= 11 is 0. The highest BCUT2D eigenvalue weighted by Crippen LogP contribution is 2.37. The number of anilines is 2. The largest absolute Gasteiger partial charge is 0.462 e. The second kappa shape index (κ2) is 8.70. The molecular weight excluding hydrogens is 372 g/mol. The highest BCUT2D eigenvalue weighted by molar-refractivity contribution is 6.32. The van der Waals surface area contributed by atoms with E-state index in [9.17, 15) is 14.4 Å². The first-order chi connectivity index (χ1) is 14.0. The summed E-state index contributed by atoms with van der Waals surface area (Å²) in [6, 6.07) is 8.01. The van der Waals surface area contributed by atoms with Gasteiger partial charge in [-0.15, -0.1) is 6.58 Å². The summed E-state index contributed by atoms with van der Waals surface area (Å²) in [7, 11) is 0. The maximum atomic E-state index is 13.2. The summed E-state index contributed by atoms with van der Waals surface area (Å²) in [5.74, 6) is -1.38. The van der Waals surface area contributed by atoms with Crippen molar-refractivity contribution in [3.05, 3.63) is 70.8 Å². The Hall–Kier alpha value is -3.45. The van der Waals surface area contributed by atoms with Gasteiger partial charge < -0.3 is 20.5 Å². The lowest BCUT2D eigenvalue weighted by molar-refractivity contribution is 0.0527. The van der Waals surface area contributed by atoms with Crippen LogP contribution in [0.5, 0.6) is 0 Å². The molecule has 0 heterocycles. The van der Waals surface area contributed by atoms with Gasteiger partial charge in [0.25, 0.3) is 0 Å². The van der Waals surface area contributed by atoms with Crippen LogP contribution in [0.3, 0.4) is 0 Å². The molecule has 0 atom stereocenters. The average Bonchev–Trinajstić information content (AvgIpc) is 2.72. The molecule has 2 aromatic rings. The predicted molar refractivity (Wildman–Crippen MR) is 110 cm³/mol. The number of nitrogens with two attached hydrogens (primary N) is 1. The van der Waals surface area contributed by atoms with Crippen molar-refractivity contribution in [3.8, 4) is 0 Å². The van der Waals surface area contributed by atoms with E-state index in [0.717, 1.165) is 0 Å². The Morgan fingerprint density at radius 3 is 2.45 bits per heavy atom. The number of esters is 1. The van der Waals surface area contributed by atoms with Gasteiger partial charge in [-0.3, -0.25) is 9.59 Å². The molecule has 0 radical (unpaired) electrons. The van der Waals surface area contributed by atoms with Crippen molar-refractivity contribution in [1.82, 2.24) is 0 Å². The highest BCUT2D eigenvalue weighted by atomic mass is 16.5. The van der Waals surface area contributed by atoms with E-state index in [-0.39, 0.29) is 40.3 Å². The summed E-state index contributed by atoms with van der Waals surface area (Å²) in [5, 5.41) is 3.08. The number of rotatable bonds is 8. The smallest absolute Gasteiger partial charge is 0.340 e. The van der Waals surface area contributed by atoms with Gasteiger partial charge in [-0.1, -0.05) is 30.3 Å². The molecule has 1 aliphatic carbocycles. The Balaban J connectivity index is 2.11. The minimum absolute atomic E-state index is 0.0220. The Morgan fingerprint density at radius 2 is 1.83 bits per heavy atom. The summed E-state index contributed by atoms with van der Waals surface area (Å²) in [6.45, 7) is 6.50. The maximum absolute atomic E-state index is 13.2. The zero-order valence-corrected chi connectivity index (χ0v) is 16.1. The molecule has 0 aromatic heterocycles. The Morgan fingerprint density at radius 1 is 1.17 bits per heavy atom. The average molecular weight is 394 g/mol. The Labute approximate surface area is 168 Å². The van der Waals surface area contributed by atoms with Crippen LogP contribution in [-0.4, -0.2) is 43.9 Å². The monoisotopic (exact) mass is 394 g/mol. The van der Waals surface area contributed by atoms with Gasteiger partial charge in [-0.05, 0) is 13.0 Å². The molecule has 1 aliphatic rings. The lowest BCUT2D eigenvalue weighted by Crippen LogP contribution is -2.26. The maximum Gasteiger partial charge on any atom is 0.340 e. The lowest BCUT2D eigenvalue weighted by atomic mass is 9.81. The zero-order valence-electron chi connectivity index (χ0n) is 16.1. The van der Waals surface area contributed by atoms with Crippen molar-refractivity contribution in [2.24, 2.45) is 0 Å². The van der Waals surface area contributed by atoms with Crippen molar-refractivity contribution in [2.45, 2.75) is 6.92 Å². The van der Waals surface area contributed by atoms with Gasteiger partial charge in [0.1, 0.15) is 0 Å². The summed E-state index contributed by atoms with van der Waals surface area (Å²) in [6.07, 6.45) is 1.63. The van der Waals surface area contributed by atoms with Crippen molar-refractivity contribution in [3.63, 3.8) is 0 Å². The molecule has 0 spiro atoms. The van der Waals surface area contributed by atoms with Crippen LogP contribution in [0, 0.1) is 0 Å². The van der Waals surface area contributed by atoms with E-state index in [0.29, 0.717) is 31.0 Å². The lowest BCUT2D eigenvalue weighted by Gasteiger charge is -2.23. The SMILES string of the molecule is C=CCOCCNc1cc(C(=O)OCC)c(N)c2c1C(=O)c1ccccc1C2=O.